The molecule has 1 aliphatic heterocycles. The molecule has 3 amide bonds. The van der Waals surface area contributed by atoms with Gasteiger partial charge in [0, 0.05) is 27.6 Å². The number of ether oxygens (including phenoxy) is 2. The fraction of sp³-hybridized carbons (Fsp3) is 0.375. The van der Waals surface area contributed by atoms with Gasteiger partial charge in [0.05, 0.1) is 37.4 Å². The number of benzene rings is 2. The average Bonchev–Trinajstić information content (AvgIpc) is 3.08. The lowest BCUT2D eigenvalue weighted by atomic mass is 10.0. The minimum atomic E-state index is -0.514. The maximum atomic E-state index is 13.5. The molecule has 1 aliphatic rings. The third-order valence-electron chi connectivity index (χ3n) is 5.39. The summed E-state index contributed by atoms with van der Waals surface area (Å²) in [5, 5.41) is 2.74. The summed E-state index contributed by atoms with van der Waals surface area (Å²) in [6, 6.07) is 10.3. The Bertz CT molecular complexity index is 1030. The summed E-state index contributed by atoms with van der Waals surface area (Å²) >= 11 is 0. The van der Waals surface area contributed by atoms with Crippen molar-refractivity contribution >= 4 is 23.4 Å². The van der Waals surface area contributed by atoms with Crippen LogP contribution in [0.5, 0.6) is 11.5 Å². The minimum Gasteiger partial charge on any atom is -0.493 e. The summed E-state index contributed by atoms with van der Waals surface area (Å²) in [7, 11) is 4.94. The molecule has 2 aromatic rings. The van der Waals surface area contributed by atoms with Gasteiger partial charge in [-0.3, -0.25) is 14.4 Å². The van der Waals surface area contributed by atoms with Crippen molar-refractivity contribution in [3.8, 4) is 11.5 Å². The van der Waals surface area contributed by atoms with Gasteiger partial charge >= 0.3 is 0 Å². The van der Waals surface area contributed by atoms with Crippen LogP contribution in [0, 0.1) is 0 Å². The molecule has 0 aromatic heterocycles. The van der Waals surface area contributed by atoms with Gasteiger partial charge in [-0.1, -0.05) is 18.2 Å². The first kappa shape index (κ1) is 23.1. The van der Waals surface area contributed by atoms with Crippen LogP contribution in [0.4, 0.5) is 5.69 Å². The van der Waals surface area contributed by atoms with Gasteiger partial charge in [-0.15, -0.1) is 0 Å². The molecule has 0 fully saturated rings. The van der Waals surface area contributed by atoms with Crippen LogP contribution >= 0.6 is 0 Å². The van der Waals surface area contributed by atoms with Gasteiger partial charge in [0.2, 0.25) is 11.8 Å². The highest BCUT2D eigenvalue weighted by atomic mass is 16.5. The highest BCUT2D eigenvalue weighted by molar-refractivity contribution is 6.06. The Balaban J connectivity index is 2.04. The third-order valence-corrected chi connectivity index (χ3v) is 5.39. The van der Waals surface area contributed by atoms with E-state index in [1.165, 1.54) is 11.8 Å². The number of nitrogens with zero attached hydrogens (tertiary/aromatic N) is 2. The van der Waals surface area contributed by atoms with Crippen molar-refractivity contribution in [3.05, 3.63) is 53.1 Å². The van der Waals surface area contributed by atoms with Gasteiger partial charge in [0.1, 0.15) is 0 Å². The van der Waals surface area contributed by atoms with Crippen molar-refractivity contribution in [1.29, 1.82) is 0 Å². The van der Waals surface area contributed by atoms with Crippen LogP contribution in [0.15, 0.2) is 36.4 Å². The minimum absolute atomic E-state index is 0.102. The zero-order valence-electron chi connectivity index (χ0n) is 19.1. The van der Waals surface area contributed by atoms with Crippen LogP contribution in [0.3, 0.4) is 0 Å². The third kappa shape index (κ3) is 4.69. The molecule has 1 heterocycles. The van der Waals surface area contributed by atoms with E-state index < -0.39 is 6.04 Å². The van der Waals surface area contributed by atoms with Crippen LogP contribution in [-0.2, 0) is 16.1 Å². The summed E-state index contributed by atoms with van der Waals surface area (Å²) in [4.78, 5) is 41.0. The Kier molecular flexibility index (Phi) is 7.02. The number of hydrogen-bond acceptors (Lipinski definition) is 5. The van der Waals surface area contributed by atoms with E-state index in [-0.39, 0.29) is 24.1 Å². The first-order valence-electron chi connectivity index (χ1n) is 10.5. The molecule has 170 valence electrons. The summed E-state index contributed by atoms with van der Waals surface area (Å²) in [5.41, 5.74) is 2.52. The van der Waals surface area contributed by atoms with Gasteiger partial charge in [-0.2, -0.15) is 0 Å². The molecule has 0 spiro atoms. The lowest BCUT2D eigenvalue weighted by Crippen LogP contribution is -2.34. The van der Waals surface area contributed by atoms with Crippen molar-refractivity contribution in [2.45, 2.75) is 32.9 Å². The van der Waals surface area contributed by atoms with Crippen LogP contribution in [0.1, 0.15) is 47.8 Å². The van der Waals surface area contributed by atoms with Gasteiger partial charge in [0.25, 0.3) is 5.91 Å². The standard InChI is InChI=1S/C24H29N3O5/c1-6-32-21-12-16(10-11-20(21)31-5)19(13-22(29)26(3)4)27-14-17-8-7-9-18(25-15(2)28)23(17)24(27)30/h7-12,19H,6,13-14H2,1-5H3,(H,25,28). The first-order chi connectivity index (χ1) is 15.3. The molecule has 2 aromatic carbocycles. The zero-order chi connectivity index (χ0) is 23.4. The summed E-state index contributed by atoms with van der Waals surface area (Å²) in [5.74, 6) is 0.556. The number of carbonyl (C=O) groups excluding carboxylic acids is 3. The fourth-order valence-electron chi connectivity index (χ4n) is 3.85. The van der Waals surface area contributed by atoms with Gasteiger partial charge in [-0.25, -0.2) is 0 Å². The van der Waals surface area contributed by atoms with E-state index in [9.17, 15) is 14.4 Å². The van der Waals surface area contributed by atoms with E-state index in [0.717, 1.165) is 11.1 Å². The summed E-state index contributed by atoms with van der Waals surface area (Å²) in [6.07, 6.45) is 0.111. The highest BCUT2D eigenvalue weighted by Gasteiger charge is 2.37. The van der Waals surface area contributed by atoms with Crippen LogP contribution in [0.25, 0.3) is 0 Å². The Morgan fingerprint density at radius 2 is 1.94 bits per heavy atom. The fourth-order valence-corrected chi connectivity index (χ4v) is 3.85. The SMILES string of the molecule is CCOc1cc(C(CC(=O)N(C)C)N2Cc3cccc(NC(C)=O)c3C2=O)ccc1OC. The van der Waals surface area contributed by atoms with Gasteiger partial charge in [-0.05, 0) is 36.2 Å². The van der Waals surface area contributed by atoms with E-state index in [1.807, 2.05) is 25.1 Å². The number of anilines is 1. The predicted molar refractivity (Wildman–Crippen MR) is 121 cm³/mol. The molecule has 0 saturated heterocycles. The maximum Gasteiger partial charge on any atom is 0.257 e. The van der Waals surface area contributed by atoms with E-state index >= 15 is 0 Å². The van der Waals surface area contributed by atoms with Crippen LogP contribution in [0.2, 0.25) is 0 Å². The molecule has 8 heteroatoms. The summed E-state index contributed by atoms with van der Waals surface area (Å²) in [6.45, 7) is 4.07. The number of rotatable bonds is 8. The van der Waals surface area contributed by atoms with Gasteiger partial charge < -0.3 is 24.6 Å². The van der Waals surface area contributed by atoms with Gasteiger partial charge in [0.15, 0.2) is 11.5 Å². The molecule has 3 rings (SSSR count). The van der Waals surface area contributed by atoms with Crippen LogP contribution < -0.4 is 14.8 Å². The van der Waals surface area contributed by atoms with Crippen molar-refractivity contribution in [2.24, 2.45) is 0 Å². The Labute approximate surface area is 188 Å². The molecule has 0 radical (unpaired) electrons. The molecule has 1 unspecified atom stereocenters. The smallest absolute Gasteiger partial charge is 0.257 e. The largest absolute Gasteiger partial charge is 0.493 e. The lowest BCUT2D eigenvalue weighted by Gasteiger charge is -2.29. The second kappa shape index (κ2) is 9.72. The summed E-state index contributed by atoms with van der Waals surface area (Å²) < 4.78 is 11.1. The monoisotopic (exact) mass is 439 g/mol. The molecule has 0 bridgehead atoms. The molecule has 32 heavy (non-hydrogen) atoms. The Morgan fingerprint density at radius 3 is 2.56 bits per heavy atom. The average molecular weight is 440 g/mol. The molecule has 1 N–H and O–H groups in total. The molecule has 1 atom stereocenters. The zero-order valence-corrected chi connectivity index (χ0v) is 19.1. The second-order valence-corrected chi connectivity index (χ2v) is 7.81. The maximum absolute atomic E-state index is 13.5. The number of amides is 3. The van der Waals surface area contributed by atoms with Crippen molar-refractivity contribution < 1.29 is 23.9 Å². The molecular weight excluding hydrogens is 410 g/mol. The highest BCUT2D eigenvalue weighted by Crippen LogP contribution is 2.39. The van der Waals surface area contributed by atoms with E-state index in [4.69, 9.17) is 9.47 Å². The van der Waals surface area contributed by atoms with Crippen molar-refractivity contribution in [1.82, 2.24) is 9.80 Å². The number of fused-ring (bicyclic) bond motifs is 1. The first-order valence-corrected chi connectivity index (χ1v) is 10.5. The number of carbonyl (C=O) groups is 3. The van der Waals surface area contributed by atoms with Crippen molar-refractivity contribution in [2.75, 3.05) is 33.1 Å². The Morgan fingerprint density at radius 1 is 1.19 bits per heavy atom. The van der Waals surface area contributed by atoms with E-state index in [0.29, 0.717) is 35.9 Å². The lowest BCUT2D eigenvalue weighted by molar-refractivity contribution is -0.129. The predicted octanol–water partition coefficient (Wildman–Crippen LogP) is 3.23. The normalized spacial score (nSPS) is 13.4. The second-order valence-electron chi connectivity index (χ2n) is 7.81. The molecule has 8 nitrogen and oxygen atoms in total. The van der Waals surface area contributed by atoms with Crippen molar-refractivity contribution in [3.63, 3.8) is 0 Å². The molecular formula is C24H29N3O5. The number of nitrogens with one attached hydrogen (secondary N) is 1. The topological polar surface area (TPSA) is 88.2 Å². The molecule has 0 aliphatic carbocycles. The van der Waals surface area contributed by atoms with E-state index in [2.05, 4.69) is 5.32 Å². The molecule has 0 saturated carbocycles. The number of methoxy groups -OCH3 is 1. The van der Waals surface area contributed by atoms with Crippen LogP contribution in [-0.4, -0.2) is 55.3 Å². The number of hydrogen-bond donors (Lipinski definition) is 1. The van der Waals surface area contributed by atoms with E-state index in [1.54, 1.807) is 44.3 Å². The Hall–Kier alpha value is -3.55. The quantitative estimate of drug-likeness (QED) is 0.682.